The van der Waals surface area contributed by atoms with Crippen LogP contribution in [0.4, 0.5) is 8.78 Å². The van der Waals surface area contributed by atoms with Gasteiger partial charge in [0.1, 0.15) is 10.7 Å². The van der Waals surface area contributed by atoms with E-state index in [9.17, 15) is 17.2 Å². The van der Waals surface area contributed by atoms with Gasteiger partial charge in [-0.25, -0.2) is 17.2 Å². The second-order valence-electron chi connectivity index (χ2n) is 4.48. The molecular weight excluding hydrogens is 274 g/mol. The SMILES string of the molecule is CNCc1c(F)ccc(S(=O)(=O)N2CCCC2)c1F. The Bertz CT molecular complexity index is 569. The van der Waals surface area contributed by atoms with Gasteiger partial charge < -0.3 is 5.32 Å². The second-order valence-corrected chi connectivity index (χ2v) is 6.39. The maximum Gasteiger partial charge on any atom is 0.245 e. The van der Waals surface area contributed by atoms with E-state index in [0.717, 1.165) is 25.0 Å². The summed E-state index contributed by atoms with van der Waals surface area (Å²) in [6.07, 6.45) is 1.54. The molecule has 4 nitrogen and oxygen atoms in total. The molecule has 0 spiro atoms. The molecule has 106 valence electrons. The van der Waals surface area contributed by atoms with Crippen LogP contribution in [0.5, 0.6) is 0 Å². The maximum absolute atomic E-state index is 14.2. The molecule has 1 saturated heterocycles. The van der Waals surface area contributed by atoms with Gasteiger partial charge in [0.05, 0.1) is 0 Å². The van der Waals surface area contributed by atoms with Crippen molar-refractivity contribution < 1.29 is 17.2 Å². The predicted octanol–water partition coefficient (Wildman–Crippen LogP) is 1.47. The van der Waals surface area contributed by atoms with E-state index in [4.69, 9.17) is 0 Å². The van der Waals surface area contributed by atoms with Crippen molar-refractivity contribution in [3.8, 4) is 0 Å². The summed E-state index contributed by atoms with van der Waals surface area (Å²) in [7, 11) is -2.32. The lowest BCUT2D eigenvalue weighted by Gasteiger charge is -2.17. The summed E-state index contributed by atoms with van der Waals surface area (Å²) in [5.41, 5.74) is -0.247. The maximum atomic E-state index is 14.2. The van der Waals surface area contributed by atoms with E-state index in [-0.39, 0.29) is 12.1 Å². The average molecular weight is 290 g/mol. The first-order valence-electron chi connectivity index (χ1n) is 6.10. The van der Waals surface area contributed by atoms with E-state index >= 15 is 0 Å². The molecule has 1 heterocycles. The van der Waals surface area contributed by atoms with E-state index < -0.39 is 26.6 Å². The summed E-state index contributed by atoms with van der Waals surface area (Å²) in [6.45, 7) is 0.724. The van der Waals surface area contributed by atoms with Gasteiger partial charge in [-0.15, -0.1) is 0 Å². The molecule has 19 heavy (non-hydrogen) atoms. The van der Waals surface area contributed by atoms with E-state index in [1.54, 1.807) is 7.05 Å². The standard InChI is InChI=1S/C12H16F2N2O2S/c1-15-8-9-10(13)4-5-11(12(9)14)19(17,18)16-6-2-3-7-16/h4-5,15H,2-3,6-8H2,1H3. The molecule has 1 aromatic carbocycles. The van der Waals surface area contributed by atoms with Crippen LogP contribution in [0.15, 0.2) is 17.0 Å². The van der Waals surface area contributed by atoms with Crippen LogP contribution in [0.2, 0.25) is 0 Å². The number of nitrogens with zero attached hydrogens (tertiary/aromatic N) is 1. The number of benzene rings is 1. The van der Waals surface area contributed by atoms with E-state index in [1.165, 1.54) is 4.31 Å². The summed E-state index contributed by atoms with van der Waals surface area (Å²) in [5.74, 6) is -1.74. The minimum Gasteiger partial charge on any atom is -0.315 e. The molecular formula is C12H16F2N2O2S. The Morgan fingerprint density at radius 3 is 2.47 bits per heavy atom. The molecule has 0 unspecified atom stereocenters. The van der Waals surface area contributed by atoms with Crippen LogP contribution in [-0.4, -0.2) is 32.9 Å². The lowest BCUT2D eigenvalue weighted by atomic mass is 10.2. The van der Waals surface area contributed by atoms with Gasteiger partial charge >= 0.3 is 0 Å². The molecule has 0 amide bonds. The van der Waals surface area contributed by atoms with Crippen molar-refractivity contribution >= 4 is 10.0 Å². The lowest BCUT2D eigenvalue weighted by molar-refractivity contribution is 0.464. The molecule has 1 fully saturated rings. The minimum absolute atomic E-state index is 0.0545. The van der Waals surface area contributed by atoms with Gasteiger partial charge in [-0.1, -0.05) is 0 Å². The summed E-state index contributed by atoms with van der Waals surface area (Å²) < 4.78 is 53.5. The van der Waals surface area contributed by atoms with Crippen molar-refractivity contribution in [2.45, 2.75) is 24.3 Å². The Hall–Kier alpha value is -1.05. The summed E-state index contributed by atoms with van der Waals surface area (Å²) >= 11 is 0. The topological polar surface area (TPSA) is 49.4 Å². The lowest BCUT2D eigenvalue weighted by Crippen LogP contribution is -2.29. The predicted molar refractivity (Wildman–Crippen MR) is 67.1 cm³/mol. The highest BCUT2D eigenvalue weighted by atomic mass is 32.2. The van der Waals surface area contributed by atoms with Gasteiger partial charge in [0.2, 0.25) is 10.0 Å². The van der Waals surface area contributed by atoms with Gasteiger partial charge in [-0.3, -0.25) is 0 Å². The van der Waals surface area contributed by atoms with Gasteiger partial charge in [0, 0.05) is 25.2 Å². The van der Waals surface area contributed by atoms with Crippen molar-refractivity contribution in [1.82, 2.24) is 9.62 Å². The van der Waals surface area contributed by atoms with Gasteiger partial charge in [-0.2, -0.15) is 4.31 Å². The smallest absolute Gasteiger partial charge is 0.245 e. The number of halogens is 2. The molecule has 0 aromatic heterocycles. The van der Waals surface area contributed by atoms with Crippen molar-refractivity contribution in [1.29, 1.82) is 0 Å². The normalized spacial score (nSPS) is 17.0. The Balaban J connectivity index is 2.47. The van der Waals surface area contributed by atoms with Gasteiger partial charge in [-0.05, 0) is 32.0 Å². The molecule has 0 aliphatic carbocycles. The zero-order valence-corrected chi connectivity index (χ0v) is 11.4. The fourth-order valence-corrected chi connectivity index (χ4v) is 3.79. The largest absolute Gasteiger partial charge is 0.315 e. The van der Waals surface area contributed by atoms with Crippen LogP contribution in [0, 0.1) is 11.6 Å². The Labute approximate surface area is 111 Å². The third-order valence-electron chi connectivity index (χ3n) is 3.19. The van der Waals surface area contributed by atoms with Crippen LogP contribution in [-0.2, 0) is 16.6 Å². The zero-order chi connectivity index (χ0) is 14.0. The highest BCUT2D eigenvalue weighted by Crippen LogP contribution is 2.26. The summed E-state index contributed by atoms with van der Waals surface area (Å²) in [6, 6.07) is 2.00. The van der Waals surface area contributed by atoms with Crippen molar-refractivity contribution in [3.05, 3.63) is 29.3 Å². The highest BCUT2D eigenvalue weighted by Gasteiger charge is 2.31. The highest BCUT2D eigenvalue weighted by molar-refractivity contribution is 7.89. The molecule has 0 atom stereocenters. The molecule has 0 bridgehead atoms. The average Bonchev–Trinajstić information content (AvgIpc) is 2.88. The summed E-state index contributed by atoms with van der Waals surface area (Å²) in [4.78, 5) is -0.443. The van der Waals surface area contributed by atoms with Gasteiger partial charge in [0.25, 0.3) is 0 Å². The number of sulfonamides is 1. The first kappa shape index (κ1) is 14.4. The Kier molecular flexibility index (Phi) is 4.17. The first-order chi connectivity index (χ1) is 8.98. The van der Waals surface area contributed by atoms with E-state index in [0.29, 0.717) is 13.1 Å². The molecule has 2 rings (SSSR count). The number of nitrogens with one attached hydrogen (secondary N) is 1. The van der Waals surface area contributed by atoms with Crippen LogP contribution in [0.1, 0.15) is 18.4 Å². The molecule has 0 radical (unpaired) electrons. The quantitative estimate of drug-likeness (QED) is 0.913. The molecule has 0 saturated carbocycles. The number of hydrogen-bond acceptors (Lipinski definition) is 3. The molecule has 1 N–H and O–H groups in total. The monoisotopic (exact) mass is 290 g/mol. The number of rotatable bonds is 4. The second kappa shape index (κ2) is 5.52. The third kappa shape index (κ3) is 2.63. The third-order valence-corrected chi connectivity index (χ3v) is 5.10. The Morgan fingerprint density at radius 2 is 1.89 bits per heavy atom. The van der Waals surface area contributed by atoms with Crippen LogP contribution < -0.4 is 5.32 Å². The van der Waals surface area contributed by atoms with Crippen LogP contribution in [0.3, 0.4) is 0 Å². The fourth-order valence-electron chi connectivity index (χ4n) is 2.18. The van der Waals surface area contributed by atoms with E-state index in [2.05, 4.69) is 5.32 Å². The van der Waals surface area contributed by atoms with Crippen molar-refractivity contribution in [2.24, 2.45) is 0 Å². The van der Waals surface area contributed by atoms with Crippen molar-refractivity contribution in [2.75, 3.05) is 20.1 Å². The minimum atomic E-state index is -3.86. The van der Waals surface area contributed by atoms with Gasteiger partial charge in [0.15, 0.2) is 5.82 Å². The molecule has 1 aromatic rings. The first-order valence-corrected chi connectivity index (χ1v) is 7.54. The summed E-state index contributed by atoms with van der Waals surface area (Å²) in [5, 5.41) is 2.63. The molecule has 7 heteroatoms. The molecule has 1 aliphatic heterocycles. The van der Waals surface area contributed by atoms with E-state index in [1.807, 2.05) is 0 Å². The molecule has 1 aliphatic rings. The number of hydrogen-bond donors (Lipinski definition) is 1. The zero-order valence-electron chi connectivity index (χ0n) is 10.6. The van der Waals surface area contributed by atoms with Crippen LogP contribution >= 0.6 is 0 Å². The van der Waals surface area contributed by atoms with Crippen LogP contribution in [0.25, 0.3) is 0 Å². The van der Waals surface area contributed by atoms with Crippen molar-refractivity contribution in [3.63, 3.8) is 0 Å². The Morgan fingerprint density at radius 1 is 1.26 bits per heavy atom. The fraction of sp³-hybridized carbons (Fsp3) is 0.500.